The van der Waals surface area contributed by atoms with Crippen molar-refractivity contribution >= 4 is 70.4 Å². The topological polar surface area (TPSA) is 285 Å². The highest BCUT2D eigenvalue weighted by Gasteiger charge is 2.53. The van der Waals surface area contributed by atoms with Crippen molar-refractivity contribution in [2.75, 3.05) is 63.6 Å². The van der Waals surface area contributed by atoms with Gasteiger partial charge in [-0.1, -0.05) is 142 Å². The van der Waals surface area contributed by atoms with Crippen LogP contribution in [-0.2, 0) is 97.2 Å². The molecule has 0 amide bonds. The summed E-state index contributed by atoms with van der Waals surface area (Å²) in [5.74, 6) is -3.09. The van der Waals surface area contributed by atoms with Crippen molar-refractivity contribution in [2.24, 2.45) is 16.7 Å². The molecule has 0 radical (unpaired) electrons. The third-order valence-electron chi connectivity index (χ3n) is 13.8. The molecule has 0 spiro atoms. The summed E-state index contributed by atoms with van der Waals surface area (Å²) in [4.78, 5) is 81.1. The van der Waals surface area contributed by atoms with Crippen LogP contribution in [0.25, 0.3) is 0 Å². The lowest BCUT2D eigenvalue weighted by Gasteiger charge is -2.35. The first-order valence-electron chi connectivity index (χ1n) is 26.1. The summed E-state index contributed by atoms with van der Waals surface area (Å²) < 4.78 is 67.1. The summed E-state index contributed by atoms with van der Waals surface area (Å²) in [6.07, 6.45) is 3.51. The molecule has 0 aliphatic carbocycles. The summed E-state index contributed by atoms with van der Waals surface area (Å²) in [6.45, 7) is 14.0. The molecule has 0 atom stereocenters. The van der Waals surface area contributed by atoms with Crippen LogP contribution in [0, 0.1) is 16.7 Å². The predicted octanol–water partition coefficient (Wildman–Crippen LogP) is 12.7. The van der Waals surface area contributed by atoms with Crippen molar-refractivity contribution in [1.29, 1.82) is 0 Å². The molecule has 3 heterocycles. The van der Waals surface area contributed by atoms with Crippen LogP contribution < -0.4 is 0 Å². The number of benzene rings is 4. The second-order valence-electron chi connectivity index (χ2n) is 20.6. The molecule has 3 fully saturated rings. The number of ether oxygens (including phenoxy) is 4. The van der Waals surface area contributed by atoms with Gasteiger partial charge in [-0.05, 0) is 99.1 Å². The van der Waals surface area contributed by atoms with Gasteiger partial charge >= 0.3 is 41.8 Å². The minimum absolute atomic E-state index is 0. The smallest absolute Gasteiger partial charge is 0.323 e. The summed E-state index contributed by atoms with van der Waals surface area (Å²) in [6, 6.07) is 37.2. The Morgan fingerprint density at radius 3 is 1.04 bits per heavy atom. The first kappa shape index (κ1) is 71.7. The van der Waals surface area contributed by atoms with Crippen LogP contribution >= 0.6 is 28.6 Å². The van der Waals surface area contributed by atoms with Crippen LogP contribution in [0.4, 0.5) is 0 Å². The van der Waals surface area contributed by atoms with Crippen molar-refractivity contribution in [3.05, 3.63) is 168 Å². The number of carboxylic acid groups (broad SMARTS) is 3. The number of hydrogen-bond acceptors (Lipinski definition) is 15. The van der Waals surface area contributed by atoms with Crippen molar-refractivity contribution in [3.63, 3.8) is 0 Å². The summed E-state index contributed by atoms with van der Waals surface area (Å²) in [5, 5.41) is 26.3. The zero-order valence-electron chi connectivity index (χ0n) is 46.5. The highest BCUT2D eigenvalue weighted by Crippen LogP contribution is 2.54. The Morgan fingerprint density at radius 1 is 0.512 bits per heavy atom. The van der Waals surface area contributed by atoms with E-state index in [0.717, 1.165) is 22.3 Å². The van der Waals surface area contributed by atoms with Crippen LogP contribution in [0.1, 0.15) is 76.1 Å². The number of rotatable bonds is 17. The van der Waals surface area contributed by atoms with E-state index in [4.69, 9.17) is 34.3 Å². The Hall–Kier alpha value is -6.43. The normalized spacial score (nSPS) is 18.7. The van der Waals surface area contributed by atoms with E-state index in [0.29, 0.717) is 37.5 Å². The Balaban J connectivity index is 0.000000554. The quantitative estimate of drug-likeness (QED) is 0.0383. The molecule has 4 aromatic carbocycles. The zero-order valence-corrected chi connectivity index (χ0v) is 50.0. The van der Waals surface area contributed by atoms with Gasteiger partial charge in [-0.2, -0.15) is 0 Å². The third-order valence-corrected chi connectivity index (χ3v) is 22.4. The van der Waals surface area contributed by atoms with E-state index in [9.17, 15) is 51.8 Å². The second kappa shape index (κ2) is 34.2. The van der Waals surface area contributed by atoms with Gasteiger partial charge in [0.15, 0.2) is 10.8 Å². The molecule has 0 bridgehead atoms. The van der Waals surface area contributed by atoms with E-state index >= 15 is 0 Å². The summed E-state index contributed by atoms with van der Waals surface area (Å²) in [5.41, 5.74) is 0.366. The fourth-order valence-electron chi connectivity index (χ4n) is 8.05. The van der Waals surface area contributed by atoms with Crippen LogP contribution in [0.2, 0.25) is 0 Å². The molecule has 3 aliphatic heterocycles. The van der Waals surface area contributed by atoms with Crippen molar-refractivity contribution in [1.82, 2.24) is 0 Å². The van der Waals surface area contributed by atoms with Gasteiger partial charge in [-0.3, -0.25) is 33.6 Å². The first-order valence-corrected chi connectivity index (χ1v) is 36.0. The maximum Gasteiger partial charge on any atom is 0.323 e. The molecule has 18 nitrogen and oxygen atoms in total. The standard InChI is InChI=1S/C22H25O5P.C17H16O4.C8H13O5P.C7H13O3P.C5H9OP.CH4.H2/c1-28(25)14-12-22(13-15-28,20(23)26-16-18-8-4-2-5-9-18)21(24)27-17-19-10-6-3-7-11-19;18-16(20-12-14-7-3-1-4-8-14)11-17(19)21-13-15-9-5-2-6-10-15;1-14(13)4-2-8(3-5-14,6(9)10)7(11)12;1-11(10)4-2-6(3-5-11)7(8)9;1-4-7(3,6)5-2;;/h2-11H,12-17H2,1H3;1-10H,11-13H2;2-5H2,1H3,(H,9,10)(H,11,12);6H,2-5H2,1H3,(H,8,9);4-5H,1-2H2,3H3;1H4;1H. The molecule has 22 heteroatoms. The van der Waals surface area contributed by atoms with E-state index < -0.39 is 81.2 Å². The number of carbonyl (C=O) groups excluding carboxylic acids is 4. The molecule has 3 saturated heterocycles. The first-order chi connectivity index (χ1) is 38.1. The predicted molar refractivity (Wildman–Crippen MR) is 321 cm³/mol. The van der Waals surface area contributed by atoms with Gasteiger partial charge in [-0.25, -0.2) is 0 Å². The van der Waals surface area contributed by atoms with Gasteiger partial charge in [0.25, 0.3) is 0 Å². The highest BCUT2D eigenvalue weighted by molar-refractivity contribution is 7.69. The molecule has 0 aromatic heterocycles. The minimum Gasteiger partial charge on any atom is -0.481 e. The summed E-state index contributed by atoms with van der Waals surface area (Å²) >= 11 is 0. The molecular weight excluding hydrogens is 1130 g/mol. The lowest BCUT2D eigenvalue weighted by molar-refractivity contribution is -0.175. The number of esters is 4. The van der Waals surface area contributed by atoms with Gasteiger partial charge in [0.2, 0.25) is 0 Å². The monoisotopic (exact) mass is 1210 g/mol. The SMILES string of the molecule is C.C=CP(C)(=O)C=C.CP1(=O)CCC(C(=O)O)(C(=O)O)CC1.CP1(=O)CCC(C(=O)O)CC1.CP1(=O)CCC(C(=O)OCc2ccccc2)(C(=O)OCc2ccccc2)CC1.O=C(CC(=O)OCc1ccccc1)OCc1ccccc1.[HH]. The molecule has 3 N–H and O–H groups in total. The van der Waals surface area contributed by atoms with E-state index in [-0.39, 0.29) is 85.6 Å². The maximum atomic E-state index is 12.9. The van der Waals surface area contributed by atoms with Crippen LogP contribution in [0.15, 0.2) is 146 Å². The van der Waals surface area contributed by atoms with E-state index in [1.54, 1.807) is 26.7 Å². The Labute approximate surface area is 483 Å². The van der Waals surface area contributed by atoms with E-state index in [1.807, 2.05) is 121 Å². The molecule has 3 aliphatic rings. The van der Waals surface area contributed by atoms with Crippen LogP contribution in [0.5, 0.6) is 0 Å². The number of carboxylic acids is 3. The van der Waals surface area contributed by atoms with Gasteiger partial charge in [0, 0.05) is 38.4 Å². The van der Waals surface area contributed by atoms with E-state index in [1.165, 1.54) is 11.6 Å². The number of carbonyl (C=O) groups is 7. The number of aliphatic carboxylic acids is 3. The Morgan fingerprint density at radius 2 is 0.780 bits per heavy atom. The zero-order chi connectivity index (χ0) is 60.3. The molecular formula is C60H82O18P4. The molecule has 0 unspecified atom stereocenters. The second-order valence-corrected chi connectivity index (χ2v) is 33.9. The fraction of sp³-hybridized carbons (Fsp3) is 0.417. The molecule has 7 rings (SSSR count). The average molecular weight is 1220 g/mol. The van der Waals surface area contributed by atoms with Crippen LogP contribution in [-0.4, -0.2) is 121 Å². The Bertz CT molecular complexity index is 2780. The van der Waals surface area contributed by atoms with Crippen molar-refractivity contribution in [2.45, 2.75) is 78.8 Å². The average Bonchev–Trinajstić information content (AvgIpc) is 3.65. The molecule has 0 saturated carbocycles. The Kier molecular flexibility index (Phi) is 29.9. The maximum absolute atomic E-state index is 12.9. The minimum atomic E-state index is -2.32. The van der Waals surface area contributed by atoms with Crippen LogP contribution in [0.3, 0.4) is 0 Å². The molecule has 4 aromatic rings. The van der Waals surface area contributed by atoms with Crippen molar-refractivity contribution < 1.29 is 87.5 Å². The largest absolute Gasteiger partial charge is 0.481 e. The lowest BCUT2D eigenvalue weighted by atomic mass is 9.82. The van der Waals surface area contributed by atoms with Gasteiger partial charge < -0.3 is 52.5 Å². The summed E-state index contributed by atoms with van der Waals surface area (Å²) in [7, 11) is -8.64. The van der Waals surface area contributed by atoms with E-state index in [2.05, 4.69) is 13.2 Å². The van der Waals surface area contributed by atoms with Gasteiger partial charge in [0.05, 0.1) is 27.3 Å². The molecule has 450 valence electrons. The highest BCUT2D eigenvalue weighted by atomic mass is 31.2. The lowest BCUT2D eigenvalue weighted by Crippen LogP contribution is -2.45. The fourth-order valence-corrected chi connectivity index (χ4v) is 14.0. The number of hydrogen-bond donors (Lipinski definition) is 3. The van der Waals surface area contributed by atoms with Crippen molar-refractivity contribution in [3.8, 4) is 0 Å². The van der Waals surface area contributed by atoms with Gasteiger partial charge in [-0.15, -0.1) is 0 Å². The third kappa shape index (κ3) is 25.4. The van der Waals surface area contributed by atoms with Gasteiger partial charge in [0.1, 0.15) is 40.0 Å². The molecule has 82 heavy (non-hydrogen) atoms.